The number of rotatable bonds is 2. The molecule has 1 saturated heterocycles. The Morgan fingerprint density at radius 3 is 2.95 bits per heavy atom. The molecule has 1 saturated carbocycles. The van der Waals surface area contributed by atoms with Crippen molar-refractivity contribution in [3.8, 4) is 6.07 Å². The molecule has 2 heterocycles. The van der Waals surface area contributed by atoms with Gasteiger partial charge in [-0.2, -0.15) is 5.26 Å². The predicted molar refractivity (Wildman–Crippen MR) is 80.4 cm³/mol. The molecule has 5 nitrogen and oxygen atoms in total. The molecule has 0 spiro atoms. The Balaban J connectivity index is 1.75. The van der Waals surface area contributed by atoms with Gasteiger partial charge in [-0.1, -0.05) is 11.6 Å². The zero-order chi connectivity index (χ0) is 15.3. The van der Waals surface area contributed by atoms with Crippen molar-refractivity contribution in [3.63, 3.8) is 0 Å². The van der Waals surface area contributed by atoms with Crippen LogP contribution < -0.4 is 5.32 Å². The van der Waals surface area contributed by atoms with Crippen LogP contribution in [0.3, 0.4) is 0 Å². The molecule has 110 valence electrons. The molecule has 3 atom stereocenters. The molecule has 0 bridgehead atoms. The monoisotopic (exact) mass is 313 g/mol. The summed E-state index contributed by atoms with van der Waals surface area (Å²) in [7, 11) is 0. The van der Waals surface area contributed by atoms with Crippen LogP contribution >= 0.6 is 11.6 Å². The zero-order valence-corrected chi connectivity index (χ0v) is 12.3. The van der Waals surface area contributed by atoms with E-state index in [2.05, 4.69) is 16.4 Å². The van der Waals surface area contributed by atoms with E-state index >= 15 is 0 Å². The highest BCUT2D eigenvalue weighted by atomic mass is 35.5. The molecule has 0 radical (unpaired) electrons. The third-order valence-electron chi connectivity index (χ3n) is 4.22. The smallest absolute Gasteiger partial charge is 0.407 e. The Kier molecular flexibility index (Phi) is 2.95. The number of nitrogens with zero attached hydrogens (tertiary/aromatic N) is 2. The van der Waals surface area contributed by atoms with Crippen molar-refractivity contribution in [1.29, 1.82) is 5.26 Å². The van der Waals surface area contributed by atoms with Gasteiger partial charge in [0, 0.05) is 23.2 Å². The molecule has 1 aromatic carbocycles. The molecule has 1 N–H and O–H groups in total. The second kappa shape index (κ2) is 4.85. The Bertz CT molecular complexity index is 830. The minimum Gasteiger partial charge on any atom is -0.439 e. The van der Waals surface area contributed by atoms with Crippen molar-refractivity contribution in [2.45, 2.75) is 18.4 Å². The summed E-state index contributed by atoms with van der Waals surface area (Å²) in [6, 6.07) is 8.04. The number of benzene rings is 1. The number of pyridine rings is 1. The van der Waals surface area contributed by atoms with Crippen LogP contribution in [0.15, 0.2) is 24.4 Å². The lowest BCUT2D eigenvalue weighted by Gasteiger charge is -2.11. The first kappa shape index (κ1) is 13.4. The molecule has 6 heteroatoms. The minimum absolute atomic E-state index is 0.0728. The second-order valence-corrected chi connectivity index (χ2v) is 6.09. The van der Waals surface area contributed by atoms with Crippen LogP contribution in [0.25, 0.3) is 10.8 Å². The summed E-state index contributed by atoms with van der Waals surface area (Å²) in [6.45, 7) is 0.442. The van der Waals surface area contributed by atoms with Crippen molar-refractivity contribution in [1.82, 2.24) is 10.3 Å². The highest BCUT2D eigenvalue weighted by molar-refractivity contribution is 6.35. The highest BCUT2D eigenvalue weighted by Crippen LogP contribution is 2.46. The van der Waals surface area contributed by atoms with Crippen molar-refractivity contribution in [2.24, 2.45) is 5.92 Å². The molecule has 2 fully saturated rings. The van der Waals surface area contributed by atoms with E-state index < -0.39 is 6.09 Å². The van der Waals surface area contributed by atoms with Gasteiger partial charge in [0.15, 0.2) is 0 Å². The summed E-state index contributed by atoms with van der Waals surface area (Å²) in [6.07, 6.45) is 1.89. The second-order valence-electron chi connectivity index (χ2n) is 5.69. The Labute approximate surface area is 131 Å². The first-order valence-corrected chi connectivity index (χ1v) is 7.46. The van der Waals surface area contributed by atoms with Gasteiger partial charge in [0.2, 0.25) is 0 Å². The first-order valence-electron chi connectivity index (χ1n) is 7.09. The van der Waals surface area contributed by atoms with Gasteiger partial charge in [0.25, 0.3) is 0 Å². The number of ether oxygens (including phenoxy) is 1. The molecule has 1 amide bonds. The molecular formula is C16H12ClN3O2. The van der Waals surface area contributed by atoms with Crippen molar-refractivity contribution >= 4 is 28.5 Å². The van der Waals surface area contributed by atoms with Crippen LogP contribution in [0.1, 0.15) is 29.7 Å². The number of fused-ring (bicyclic) bond motifs is 1. The molecule has 1 aliphatic carbocycles. The number of carbonyl (C=O) groups is 1. The minimum atomic E-state index is -0.411. The maximum atomic E-state index is 11.2. The number of carbonyl (C=O) groups excluding carboxylic acids is 1. The molecular weight excluding hydrogens is 302 g/mol. The molecule has 1 aromatic heterocycles. The van der Waals surface area contributed by atoms with Crippen molar-refractivity contribution in [2.75, 3.05) is 6.54 Å². The Morgan fingerprint density at radius 2 is 2.27 bits per heavy atom. The third kappa shape index (κ3) is 2.16. The third-order valence-corrected chi connectivity index (χ3v) is 4.53. The average Bonchev–Trinajstić information content (AvgIpc) is 3.19. The van der Waals surface area contributed by atoms with Gasteiger partial charge >= 0.3 is 6.09 Å². The fourth-order valence-electron chi connectivity index (χ4n) is 2.88. The number of alkyl carbamates (subject to hydrolysis) is 1. The normalized spacial score (nSPS) is 26.4. The standard InChI is InChI=1S/C16H12ClN3O2/c17-13-3-9(15-7-20-16(21)22-15)1-8-4-14(19-6-12(8)13)11-2-10(11)5-18/h1,3-4,6,10-11,15H,2,7H2,(H,20,21). The van der Waals surface area contributed by atoms with Crippen molar-refractivity contribution < 1.29 is 9.53 Å². The lowest BCUT2D eigenvalue weighted by Crippen LogP contribution is -2.12. The van der Waals surface area contributed by atoms with E-state index in [0.29, 0.717) is 11.6 Å². The summed E-state index contributed by atoms with van der Waals surface area (Å²) < 4.78 is 5.21. The Morgan fingerprint density at radius 1 is 1.41 bits per heavy atom. The average molecular weight is 314 g/mol. The zero-order valence-electron chi connectivity index (χ0n) is 11.5. The first-order chi connectivity index (χ1) is 10.7. The number of nitrogens with one attached hydrogen (secondary N) is 1. The molecule has 2 aliphatic rings. The quantitative estimate of drug-likeness (QED) is 0.923. The summed E-state index contributed by atoms with van der Waals surface area (Å²) in [5.74, 6) is 0.298. The van der Waals surface area contributed by atoms with E-state index in [4.69, 9.17) is 21.6 Å². The van der Waals surface area contributed by atoms with Gasteiger partial charge in [0.05, 0.1) is 23.6 Å². The Hall–Kier alpha value is -2.32. The van der Waals surface area contributed by atoms with Crippen LogP contribution in [0.2, 0.25) is 5.02 Å². The molecule has 2 aromatic rings. The van der Waals surface area contributed by atoms with Crippen LogP contribution in [0.5, 0.6) is 0 Å². The van der Waals surface area contributed by atoms with Gasteiger partial charge in [0.1, 0.15) is 6.10 Å². The van der Waals surface area contributed by atoms with E-state index in [1.54, 1.807) is 6.20 Å². The number of cyclic esters (lactones) is 1. The SMILES string of the molecule is N#CC1CC1c1cc2cc(C3CNC(=O)O3)cc(Cl)c2cn1. The van der Waals surface area contributed by atoms with E-state index in [9.17, 15) is 4.79 Å². The maximum Gasteiger partial charge on any atom is 0.407 e. The molecule has 3 unspecified atom stereocenters. The number of nitriles is 1. The lowest BCUT2D eigenvalue weighted by molar-refractivity contribution is 0.141. The van der Waals surface area contributed by atoms with E-state index in [0.717, 1.165) is 28.5 Å². The van der Waals surface area contributed by atoms with Crippen LogP contribution in [0, 0.1) is 17.2 Å². The fourth-order valence-corrected chi connectivity index (χ4v) is 3.16. The summed E-state index contributed by atoms with van der Waals surface area (Å²) >= 11 is 6.33. The largest absolute Gasteiger partial charge is 0.439 e. The molecule has 4 rings (SSSR count). The predicted octanol–water partition coefficient (Wildman–Crippen LogP) is 3.30. The van der Waals surface area contributed by atoms with Gasteiger partial charge in [-0.25, -0.2) is 4.79 Å². The number of halogens is 1. The summed E-state index contributed by atoms with van der Waals surface area (Å²) in [5, 5.41) is 14.0. The van der Waals surface area contributed by atoms with E-state index in [1.807, 2.05) is 18.2 Å². The highest BCUT2D eigenvalue weighted by Gasteiger charge is 2.39. The topological polar surface area (TPSA) is 75.0 Å². The number of hydrogen-bond donors (Lipinski definition) is 1. The van der Waals surface area contributed by atoms with E-state index in [-0.39, 0.29) is 17.9 Å². The lowest BCUT2D eigenvalue weighted by atomic mass is 10.0. The van der Waals surface area contributed by atoms with E-state index in [1.165, 1.54) is 0 Å². The number of aromatic nitrogens is 1. The number of hydrogen-bond acceptors (Lipinski definition) is 4. The van der Waals surface area contributed by atoms with Gasteiger partial charge in [-0.15, -0.1) is 0 Å². The fraction of sp³-hybridized carbons (Fsp3) is 0.312. The molecule has 22 heavy (non-hydrogen) atoms. The van der Waals surface area contributed by atoms with Crippen LogP contribution in [0.4, 0.5) is 4.79 Å². The van der Waals surface area contributed by atoms with Crippen LogP contribution in [-0.2, 0) is 4.74 Å². The van der Waals surface area contributed by atoms with Crippen molar-refractivity contribution in [3.05, 3.63) is 40.7 Å². The molecule has 1 aliphatic heterocycles. The van der Waals surface area contributed by atoms with Crippen LogP contribution in [-0.4, -0.2) is 17.6 Å². The van der Waals surface area contributed by atoms with Gasteiger partial charge < -0.3 is 10.1 Å². The summed E-state index contributed by atoms with van der Waals surface area (Å²) in [4.78, 5) is 15.6. The maximum absolute atomic E-state index is 11.2. The summed E-state index contributed by atoms with van der Waals surface area (Å²) in [5.41, 5.74) is 1.79. The van der Waals surface area contributed by atoms with Gasteiger partial charge in [-0.3, -0.25) is 4.98 Å². The number of amides is 1. The van der Waals surface area contributed by atoms with Gasteiger partial charge in [-0.05, 0) is 35.6 Å².